The summed E-state index contributed by atoms with van der Waals surface area (Å²) in [6, 6.07) is 15.6. The molecule has 0 aliphatic rings. The first kappa shape index (κ1) is 20.8. The van der Waals surface area contributed by atoms with E-state index in [9.17, 15) is 9.18 Å². The summed E-state index contributed by atoms with van der Waals surface area (Å²) in [5.74, 6) is 5.68. The Morgan fingerprint density at radius 3 is 2.57 bits per heavy atom. The zero-order chi connectivity index (χ0) is 21.7. The van der Waals surface area contributed by atoms with E-state index < -0.39 is 5.91 Å². The number of nitrogens with one attached hydrogen (secondary N) is 3. The van der Waals surface area contributed by atoms with E-state index >= 15 is 0 Å². The molecule has 0 aromatic heterocycles. The monoisotopic (exact) mass is 408 g/mol. The molecule has 0 radical (unpaired) electrons. The van der Waals surface area contributed by atoms with E-state index in [1.807, 2.05) is 0 Å². The molecule has 0 unspecified atom stereocenters. The molecule has 0 saturated carbocycles. The highest BCUT2D eigenvalue weighted by atomic mass is 19.1. The van der Waals surface area contributed by atoms with E-state index in [-0.39, 0.29) is 23.0 Å². The van der Waals surface area contributed by atoms with Crippen molar-refractivity contribution in [2.75, 3.05) is 12.4 Å². The summed E-state index contributed by atoms with van der Waals surface area (Å²) in [5.41, 5.74) is 4.11. The van der Waals surface area contributed by atoms with Gasteiger partial charge in [-0.15, -0.1) is 0 Å². The number of amidine groups is 1. The second-order valence-corrected chi connectivity index (χ2v) is 6.43. The number of hydrazine groups is 1. The lowest BCUT2D eigenvalue weighted by Crippen LogP contribution is -2.30. The van der Waals surface area contributed by atoms with Crippen LogP contribution in [0.25, 0.3) is 0 Å². The van der Waals surface area contributed by atoms with Crippen LogP contribution in [0.3, 0.4) is 0 Å². The molecule has 3 aromatic carbocycles. The number of ether oxygens (including phenoxy) is 2. The second-order valence-electron chi connectivity index (χ2n) is 6.43. The molecule has 0 heterocycles. The van der Waals surface area contributed by atoms with Crippen LogP contribution in [-0.4, -0.2) is 18.9 Å². The maximum Gasteiger partial charge on any atom is 0.259 e. The third-order valence-electron chi connectivity index (χ3n) is 4.34. The largest absolute Gasteiger partial charge is 0.497 e. The van der Waals surface area contributed by atoms with Gasteiger partial charge < -0.3 is 20.2 Å². The lowest BCUT2D eigenvalue weighted by molar-refractivity contribution is 0.102. The number of aryl methyl sites for hydroxylation is 1. The molecule has 7 nitrogen and oxygen atoms in total. The number of carbonyl (C=O) groups is 1. The highest BCUT2D eigenvalue weighted by Crippen LogP contribution is 2.32. The fourth-order valence-electron chi connectivity index (χ4n) is 2.78. The maximum absolute atomic E-state index is 13.4. The van der Waals surface area contributed by atoms with E-state index in [0.29, 0.717) is 28.3 Å². The molecule has 0 atom stereocenters. The van der Waals surface area contributed by atoms with Gasteiger partial charge in [-0.1, -0.05) is 12.1 Å². The Kier molecular flexibility index (Phi) is 6.29. The molecule has 8 heteroatoms. The number of halogens is 1. The molecule has 3 rings (SSSR count). The predicted molar refractivity (Wildman–Crippen MR) is 113 cm³/mol. The van der Waals surface area contributed by atoms with Gasteiger partial charge in [0, 0.05) is 17.3 Å². The number of carbonyl (C=O) groups excluding carboxylic acids is 1. The van der Waals surface area contributed by atoms with Crippen molar-refractivity contribution in [3.05, 3.63) is 83.2 Å². The van der Waals surface area contributed by atoms with Crippen molar-refractivity contribution < 1.29 is 18.7 Å². The third kappa shape index (κ3) is 4.73. The molecule has 5 N–H and O–H groups in total. The smallest absolute Gasteiger partial charge is 0.259 e. The van der Waals surface area contributed by atoms with Crippen LogP contribution < -0.4 is 26.1 Å². The molecule has 3 aromatic rings. The number of hydrogen-bond donors (Lipinski definition) is 4. The lowest BCUT2D eigenvalue weighted by Gasteiger charge is -2.15. The quantitative estimate of drug-likeness (QED) is 0.214. The lowest BCUT2D eigenvalue weighted by atomic mass is 10.1. The molecule has 0 aliphatic carbocycles. The van der Waals surface area contributed by atoms with Gasteiger partial charge in [-0.25, -0.2) is 10.2 Å². The van der Waals surface area contributed by atoms with E-state index in [2.05, 4.69) is 10.7 Å². The number of amides is 1. The third-order valence-corrected chi connectivity index (χ3v) is 4.34. The number of methoxy groups -OCH3 is 1. The Hall–Kier alpha value is -3.91. The summed E-state index contributed by atoms with van der Waals surface area (Å²) in [6.07, 6.45) is 0. The maximum atomic E-state index is 13.4. The predicted octanol–water partition coefficient (Wildman–Crippen LogP) is 3.98. The molecular weight excluding hydrogens is 387 g/mol. The van der Waals surface area contributed by atoms with E-state index in [0.717, 1.165) is 0 Å². The first-order valence-corrected chi connectivity index (χ1v) is 9.00. The summed E-state index contributed by atoms with van der Waals surface area (Å²) in [6.45, 7) is 1.71. The summed E-state index contributed by atoms with van der Waals surface area (Å²) in [5, 5.41) is 10.5. The standard InChI is InChI=1S/C22H21FN4O3/c1-13-10-15(23)6-9-19(13)30-20-12-17(29-2)7-8-18(20)22(28)26-16-5-3-4-14(11-16)21(24)27-25/h3-12H,25H2,1-2H3,(H2,24,27)(H,26,28). The van der Waals surface area contributed by atoms with Gasteiger partial charge in [-0.2, -0.15) is 0 Å². The van der Waals surface area contributed by atoms with Crippen molar-refractivity contribution in [2.24, 2.45) is 5.84 Å². The zero-order valence-corrected chi connectivity index (χ0v) is 16.5. The van der Waals surface area contributed by atoms with Gasteiger partial charge in [0.15, 0.2) is 0 Å². The summed E-state index contributed by atoms with van der Waals surface area (Å²) < 4.78 is 24.5. The Labute approximate surface area is 173 Å². The Morgan fingerprint density at radius 2 is 1.87 bits per heavy atom. The van der Waals surface area contributed by atoms with Crippen molar-refractivity contribution in [1.29, 1.82) is 5.41 Å². The molecule has 30 heavy (non-hydrogen) atoms. The minimum atomic E-state index is -0.420. The fourth-order valence-corrected chi connectivity index (χ4v) is 2.78. The number of rotatable bonds is 6. The van der Waals surface area contributed by atoms with E-state index in [4.69, 9.17) is 20.7 Å². The van der Waals surface area contributed by atoms with Crippen LogP contribution >= 0.6 is 0 Å². The molecular formula is C22H21FN4O3. The molecule has 0 spiro atoms. The van der Waals surface area contributed by atoms with Crippen LogP contribution in [0, 0.1) is 18.2 Å². The van der Waals surface area contributed by atoms with Crippen LogP contribution in [0.15, 0.2) is 60.7 Å². The normalized spacial score (nSPS) is 10.3. The van der Waals surface area contributed by atoms with Crippen LogP contribution in [0.2, 0.25) is 0 Å². The number of nitrogens with two attached hydrogens (primary N) is 1. The first-order valence-electron chi connectivity index (χ1n) is 9.00. The van der Waals surface area contributed by atoms with Crippen molar-refractivity contribution in [3.63, 3.8) is 0 Å². The van der Waals surface area contributed by atoms with Crippen LogP contribution in [0.4, 0.5) is 10.1 Å². The summed E-state index contributed by atoms with van der Waals surface area (Å²) >= 11 is 0. The molecule has 0 aliphatic heterocycles. The van der Waals surface area contributed by atoms with Crippen LogP contribution in [0.5, 0.6) is 17.2 Å². The number of hydrogen-bond acceptors (Lipinski definition) is 5. The van der Waals surface area contributed by atoms with Crippen molar-refractivity contribution in [3.8, 4) is 17.2 Å². The number of benzene rings is 3. The minimum Gasteiger partial charge on any atom is -0.497 e. The minimum absolute atomic E-state index is 0.0198. The average molecular weight is 408 g/mol. The van der Waals surface area contributed by atoms with Gasteiger partial charge in [0.25, 0.3) is 5.91 Å². The van der Waals surface area contributed by atoms with Crippen LogP contribution in [0.1, 0.15) is 21.5 Å². The Bertz CT molecular complexity index is 1100. The Balaban J connectivity index is 1.91. The highest BCUT2D eigenvalue weighted by molar-refractivity contribution is 6.07. The summed E-state index contributed by atoms with van der Waals surface area (Å²) in [7, 11) is 1.51. The average Bonchev–Trinajstić information content (AvgIpc) is 2.75. The van der Waals surface area contributed by atoms with Gasteiger partial charge in [0.2, 0.25) is 0 Å². The van der Waals surface area contributed by atoms with Gasteiger partial charge in [-0.05, 0) is 55.0 Å². The fraction of sp³-hybridized carbons (Fsp3) is 0.0909. The SMILES string of the molecule is COc1ccc(C(=O)Nc2cccc(C(=N)NN)c2)c(Oc2ccc(F)cc2C)c1. The molecule has 0 fully saturated rings. The van der Waals surface area contributed by atoms with Crippen molar-refractivity contribution in [1.82, 2.24) is 5.43 Å². The van der Waals surface area contributed by atoms with Crippen LogP contribution in [-0.2, 0) is 0 Å². The molecule has 0 saturated heterocycles. The number of anilines is 1. The van der Waals surface area contributed by atoms with Gasteiger partial charge in [-0.3, -0.25) is 10.2 Å². The van der Waals surface area contributed by atoms with Gasteiger partial charge in [0.1, 0.15) is 28.9 Å². The first-order chi connectivity index (χ1) is 14.4. The van der Waals surface area contributed by atoms with Gasteiger partial charge in [0.05, 0.1) is 12.7 Å². The Morgan fingerprint density at radius 1 is 1.07 bits per heavy atom. The van der Waals surface area contributed by atoms with Crippen molar-refractivity contribution in [2.45, 2.75) is 6.92 Å². The van der Waals surface area contributed by atoms with E-state index in [1.165, 1.54) is 25.3 Å². The summed E-state index contributed by atoms with van der Waals surface area (Å²) in [4.78, 5) is 12.9. The zero-order valence-electron chi connectivity index (χ0n) is 16.5. The molecule has 154 valence electrons. The molecule has 0 bridgehead atoms. The highest BCUT2D eigenvalue weighted by Gasteiger charge is 2.16. The second kappa shape index (κ2) is 9.06. The van der Waals surface area contributed by atoms with Crippen molar-refractivity contribution >= 4 is 17.4 Å². The topological polar surface area (TPSA) is 109 Å². The molecule has 1 amide bonds. The van der Waals surface area contributed by atoms with E-state index in [1.54, 1.807) is 49.4 Å². The van der Waals surface area contributed by atoms with Gasteiger partial charge >= 0.3 is 0 Å².